The molecule has 0 radical (unpaired) electrons. The normalized spacial score (nSPS) is 19.6. The van der Waals surface area contributed by atoms with Crippen LogP contribution in [-0.4, -0.2) is 42.0 Å². The number of nitrogens with one attached hydrogen (secondary N) is 1. The number of aromatic nitrogens is 1. The summed E-state index contributed by atoms with van der Waals surface area (Å²) in [4.78, 5) is 11.0. The molecule has 1 fully saturated rings. The van der Waals surface area contributed by atoms with Crippen molar-refractivity contribution in [3.63, 3.8) is 0 Å². The number of guanidine groups is 1. The Balaban J connectivity index is 1.59. The lowest BCUT2D eigenvalue weighted by Gasteiger charge is -2.31. The maximum Gasteiger partial charge on any atom is 0.191 e. The molecule has 116 valence electrons. The van der Waals surface area contributed by atoms with E-state index in [1.165, 1.54) is 12.8 Å². The van der Waals surface area contributed by atoms with E-state index >= 15 is 0 Å². The van der Waals surface area contributed by atoms with Gasteiger partial charge in [-0.05, 0) is 43.7 Å². The molecule has 0 amide bonds. The number of rotatable bonds is 6. The van der Waals surface area contributed by atoms with Gasteiger partial charge in [-0.25, -0.2) is 4.98 Å². The first-order chi connectivity index (χ1) is 10.3. The van der Waals surface area contributed by atoms with Crippen LogP contribution in [0.2, 0.25) is 0 Å². The summed E-state index contributed by atoms with van der Waals surface area (Å²) in [5.41, 5.74) is 6.07. The highest BCUT2D eigenvalue weighted by molar-refractivity contribution is 5.78. The largest absolute Gasteiger partial charge is 0.370 e. The molecule has 2 rings (SSSR count). The van der Waals surface area contributed by atoms with Crippen molar-refractivity contribution in [2.24, 2.45) is 16.6 Å². The van der Waals surface area contributed by atoms with Crippen molar-refractivity contribution >= 4 is 11.8 Å². The Labute approximate surface area is 127 Å². The highest BCUT2D eigenvalue weighted by Gasteiger charge is 2.17. The van der Waals surface area contributed by atoms with E-state index in [1.54, 1.807) is 6.20 Å². The lowest BCUT2D eigenvalue weighted by molar-refractivity contribution is 0.270. The van der Waals surface area contributed by atoms with Gasteiger partial charge in [0.15, 0.2) is 5.96 Å². The molecule has 0 bridgehead atoms. The Kier molecular flexibility index (Phi) is 6.31. The molecule has 1 aromatic rings. The zero-order valence-corrected chi connectivity index (χ0v) is 13.0. The molecule has 1 aliphatic rings. The first kappa shape index (κ1) is 15.6. The molecule has 21 heavy (non-hydrogen) atoms. The molecule has 3 N–H and O–H groups in total. The van der Waals surface area contributed by atoms with Crippen molar-refractivity contribution in [1.29, 1.82) is 0 Å². The maximum absolute atomic E-state index is 6.07. The molecule has 0 aliphatic carbocycles. The van der Waals surface area contributed by atoms with Gasteiger partial charge < -0.3 is 16.0 Å². The van der Waals surface area contributed by atoms with Crippen molar-refractivity contribution in [2.75, 3.05) is 31.5 Å². The molecular formula is C16H27N5. The molecule has 2 heterocycles. The average molecular weight is 289 g/mol. The van der Waals surface area contributed by atoms with Crippen molar-refractivity contribution in [3.05, 3.63) is 24.4 Å². The number of piperidine rings is 1. The Bertz CT molecular complexity index is 432. The van der Waals surface area contributed by atoms with Crippen LogP contribution in [0.1, 0.15) is 32.6 Å². The summed E-state index contributed by atoms with van der Waals surface area (Å²) in [6.07, 6.45) is 6.45. The van der Waals surface area contributed by atoms with Crippen LogP contribution in [0.25, 0.3) is 0 Å². The topological polar surface area (TPSA) is 66.5 Å². The van der Waals surface area contributed by atoms with Gasteiger partial charge in [0, 0.05) is 32.4 Å². The SMILES string of the molecule is CC1CCCN(C(N)=NCCCCNc2ccccn2)C1. The van der Waals surface area contributed by atoms with Gasteiger partial charge in [-0.15, -0.1) is 0 Å². The molecular weight excluding hydrogens is 262 g/mol. The minimum atomic E-state index is 0.722. The van der Waals surface area contributed by atoms with E-state index in [9.17, 15) is 0 Å². The highest BCUT2D eigenvalue weighted by atomic mass is 15.3. The first-order valence-electron chi connectivity index (χ1n) is 7.95. The molecule has 0 aromatic carbocycles. The zero-order valence-electron chi connectivity index (χ0n) is 13.0. The third-order valence-corrected chi connectivity index (χ3v) is 3.81. The third-order valence-electron chi connectivity index (χ3n) is 3.81. The second-order valence-corrected chi connectivity index (χ2v) is 5.78. The van der Waals surface area contributed by atoms with Crippen LogP contribution in [0, 0.1) is 5.92 Å². The zero-order chi connectivity index (χ0) is 14.9. The van der Waals surface area contributed by atoms with Gasteiger partial charge in [0.05, 0.1) is 0 Å². The summed E-state index contributed by atoms with van der Waals surface area (Å²) < 4.78 is 0. The van der Waals surface area contributed by atoms with E-state index < -0.39 is 0 Å². The number of aliphatic imine (C=N–C) groups is 1. The lowest BCUT2D eigenvalue weighted by atomic mass is 10.0. The number of likely N-dealkylation sites (tertiary alicyclic amines) is 1. The van der Waals surface area contributed by atoms with Crippen LogP contribution in [0.5, 0.6) is 0 Å². The van der Waals surface area contributed by atoms with Gasteiger partial charge in [0.1, 0.15) is 5.82 Å². The molecule has 1 saturated heterocycles. The minimum absolute atomic E-state index is 0.722. The molecule has 1 atom stereocenters. The van der Waals surface area contributed by atoms with Gasteiger partial charge >= 0.3 is 0 Å². The second-order valence-electron chi connectivity index (χ2n) is 5.78. The van der Waals surface area contributed by atoms with Gasteiger partial charge in [-0.3, -0.25) is 4.99 Å². The van der Waals surface area contributed by atoms with Crippen LogP contribution in [-0.2, 0) is 0 Å². The maximum atomic E-state index is 6.07. The fourth-order valence-corrected chi connectivity index (χ4v) is 2.61. The Morgan fingerprint density at radius 2 is 2.38 bits per heavy atom. The fourth-order valence-electron chi connectivity index (χ4n) is 2.61. The van der Waals surface area contributed by atoms with E-state index in [0.29, 0.717) is 0 Å². The summed E-state index contributed by atoms with van der Waals surface area (Å²) >= 11 is 0. The number of pyridine rings is 1. The van der Waals surface area contributed by atoms with E-state index in [-0.39, 0.29) is 0 Å². The molecule has 0 spiro atoms. The standard InChI is InChI=1S/C16H27N5/c1-14-7-6-12-21(13-14)16(17)20-11-5-4-10-19-15-8-2-3-9-18-15/h2-3,8-9,14H,4-7,10-13H2,1H3,(H2,17,20)(H,18,19). The molecule has 1 unspecified atom stereocenters. The highest BCUT2D eigenvalue weighted by Crippen LogP contribution is 2.14. The van der Waals surface area contributed by atoms with Gasteiger partial charge in [-0.2, -0.15) is 0 Å². The quantitative estimate of drug-likeness (QED) is 0.479. The monoisotopic (exact) mass is 289 g/mol. The second kappa shape index (κ2) is 8.49. The van der Waals surface area contributed by atoms with E-state index in [1.807, 2.05) is 18.2 Å². The summed E-state index contributed by atoms with van der Waals surface area (Å²) in [6, 6.07) is 5.89. The fraction of sp³-hybridized carbons (Fsp3) is 0.625. The van der Waals surface area contributed by atoms with Gasteiger partial charge in [0.25, 0.3) is 0 Å². The number of hydrogen-bond acceptors (Lipinski definition) is 3. The van der Waals surface area contributed by atoms with Gasteiger partial charge in [-0.1, -0.05) is 13.0 Å². The third kappa shape index (κ3) is 5.61. The van der Waals surface area contributed by atoms with E-state index in [0.717, 1.165) is 56.7 Å². The number of nitrogens with two attached hydrogens (primary N) is 1. The van der Waals surface area contributed by atoms with Crippen LogP contribution < -0.4 is 11.1 Å². The average Bonchev–Trinajstić information content (AvgIpc) is 2.51. The number of nitrogens with zero attached hydrogens (tertiary/aromatic N) is 3. The van der Waals surface area contributed by atoms with Crippen molar-refractivity contribution in [1.82, 2.24) is 9.88 Å². The molecule has 0 saturated carbocycles. The van der Waals surface area contributed by atoms with E-state index in [2.05, 4.69) is 27.1 Å². The number of anilines is 1. The van der Waals surface area contributed by atoms with Gasteiger partial charge in [0.2, 0.25) is 0 Å². The lowest BCUT2D eigenvalue weighted by Crippen LogP contribution is -2.43. The summed E-state index contributed by atoms with van der Waals surface area (Å²) in [5.74, 6) is 2.39. The first-order valence-corrected chi connectivity index (χ1v) is 7.95. The predicted octanol–water partition coefficient (Wildman–Crippen LogP) is 2.32. The van der Waals surface area contributed by atoms with Crippen molar-refractivity contribution in [3.8, 4) is 0 Å². The van der Waals surface area contributed by atoms with Crippen LogP contribution >= 0.6 is 0 Å². The van der Waals surface area contributed by atoms with Crippen LogP contribution in [0.3, 0.4) is 0 Å². The number of hydrogen-bond donors (Lipinski definition) is 2. The minimum Gasteiger partial charge on any atom is -0.370 e. The molecule has 1 aliphatic heterocycles. The predicted molar refractivity (Wildman–Crippen MR) is 88.4 cm³/mol. The number of unbranched alkanes of at least 4 members (excludes halogenated alkanes) is 1. The summed E-state index contributed by atoms with van der Waals surface area (Å²) in [7, 11) is 0. The summed E-state index contributed by atoms with van der Waals surface area (Å²) in [6.45, 7) is 6.12. The van der Waals surface area contributed by atoms with Crippen molar-refractivity contribution < 1.29 is 0 Å². The van der Waals surface area contributed by atoms with E-state index in [4.69, 9.17) is 5.73 Å². The Morgan fingerprint density at radius 3 is 3.14 bits per heavy atom. The van der Waals surface area contributed by atoms with Crippen LogP contribution in [0.4, 0.5) is 5.82 Å². The Hall–Kier alpha value is -1.78. The molecule has 5 heteroatoms. The van der Waals surface area contributed by atoms with Crippen LogP contribution in [0.15, 0.2) is 29.4 Å². The molecule has 5 nitrogen and oxygen atoms in total. The van der Waals surface area contributed by atoms with Crippen molar-refractivity contribution in [2.45, 2.75) is 32.6 Å². The summed E-state index contributed by atoms with van der Waals surface area (Å²) in [5, 5.41) is 3.30. The smallest absolute Gasteiger partial charge is 0.191 e. The Morgan fingerprint density at radius 1 is 1.48 bits per heavy atom. The molecule has 1 aromatic heterocycles.